The Labute approximate surface area is 92.2 Å². The maximum absolute atomic E-state index is 9.60. The van der Waals surface area contributed by atoms with Gasteiger partial charge in [0.25, 0.3) is 0 Å². The van der Waals surface area contributed by atoms with Gasteiger partial charge in [-0.25, -0.2) is 9.89 Å². The van der Waals surface area contributed by atoms with E-state index in [1.807, 2.05) is 24.5 Å². The molecule has 0 aromatic carbocycles. The summed E-state index contributed by atoms with van der Waals surface area (Å²) in [5, 5.41) is 12.1. The molecule has 2 aromatic rings. The molecule has 2 heterocycles. The first-order valence-corrected chi connectivity index (χ1v) is 4.44. The molecule has 2 rings (SSSR count). The fourth-order valence-corrected chi connectivity index (χ4v) is 0.549. The van der Waals surface area contributed by atoms with Crippen molar-refractivity contribution in [3.05, 3.63) is 30.9 Å². The fourth-order valence-electron chi connectivity index (χ4n) is 0.549. The molecule has 0 saturated heterocycles. The Morgan fingerprint density at radius 1 is 1.44 bits per heavy atom. The van der Waals surface area contributed by atoms with Crippen molar-refractivity contribution in [2.75, 3.05) is 6.61 Å². The Bertz CT molecular complexity index is 259. The third-order valence-electron chi connectivity index (χ3n) is 1.05. The molecule has 0 aliphatic heterocycles. The maximum Gasteiger partial charge on any atom is 0.404 e. The molecule has 0 aliphatic carbocycles. The number of carbonyl (C=O) groups excluding carboxylic acids is 1. The number of amides is 1. The molecular weight excluding hydrogens is 212 g/mol. The van der Waals surface area contributed by atoms with Gasteiger partial charge in [-0.3, -0.25) is 0 Å². The van der Waals surface area contributed by atoms with Crippen LogP contribution in [0.25, 0.3) is 0 Å². The van der Waals surface area contributed by atoms with Crippen LogP contribution in [0.1, 0.15) is 6.92 Å². The number of rotatable bonds is 1. The summed E-state index contributed by atoms with van der Waals surface area (Å²) in [6.07, 6.45) is 4.44. The molecule has 1 amide bonds. The summed E-state index contributed by atoms with van der Waals surface area (Å²) in [5.41, 5.74) is 4.54. The van der Waals surface area contributed by atoms with Crippen molar-refractivity contribution < 1.29 is 9.53 Å². The van der Waals surface area contributed by atoms with Gasteiger partial charge in [0.05, 0.1) is 6.61 Å². The summed E-state index contributed by atoms with van der Waals surface area (Å²) < 4.78 is 4.18. The molecule has 88 valence electrons. The van der Waals surface area contributed by atoms with Crippen molar-refractivity contribution in [2.24, 2.45) is 5.73 Å². The standard InChI is InChI=1S/C4H5N.C3H7NO2.CH2N4/c1-2-4-5-3-1;1-2-6-3(4)5;1-2-4-5-3-1/h1-5H;2H2,1H3,(H2,4,5);1H,(H,2,3,4,5). The zero-order valence-electron chi connectivity index (χ0n) is 8.83. The molecule has 8 heteroatoms. The van der Waals surface area contributed by atoms with Crippen LogP contribution in [0.15, 0.2) is 30.9 Å². The van der Waals surface area contributed by atoms with Crippen LogP contribution in [0, 0.1) is 0 Å². The van der Waals surface area contributed by atoms with E-state index >= 15 is 0 Å². The molecule has 0 atom stereocenters. The van der Waals surface area contributed by atoms with Gasteiger partial charge >= 0.3 is 6.09 Å². The zero-order chi connectivity index (χ0) is 12.1. The van der Waals surface area contributed by atoms with Gasteiger partial charge in [-0.15, -0.1) is 5.10 Å². The van der Waals surface area contributed by atoms with Crippen molar-refractivity contribution in [3.63, 3.8) is 0 Å². The van der Waals surface area contributed by atoms with Crippen LogP contribution in [0.3, 0.4) is 0 Å². The molecule has 0 unspecified atom stereocenters. The number of nitrogens with zero attached hydrogens (tertiary/aromatic N) is 3. The smallest absolute Gasteiger partial charge is 0.404 e. The number of carbonyl (C=O) groups is 1. The topological polar surface area (TPSA) is 123 Å². The van der Waals surface area contributed by atoms with Crippen molar-refractivity contribution in [3.8, 4) is 0 Å². The largest absolute Gasteiger partial charge is 0.450 e. The predicted octanol–water partition coefficient (Wildman–Crippen LogP) is 0.316. The number of hydrogen-bond donors (Lipinski definition) is 3. The number of H-pyrrole nitrogens is 2. The Hall–Kier alpha value is -2.38. The number of nitrogens with one attached hydrogen (secondary N) is 2. The molecule has 0 aliphatic rings. The number of hydrogen-bond acceptors (Lipinski definition) is 5. The minimum Gasteiger partial charge on any atom is -0.450 e. The summed E-state index contributed by atoms with van der Waals surface area (Å²) in [5.74, 6) is 0. The highest BCUT2D eigenvalue weighted by molar-refractivity contribution is 5.64. The Kier molecular flexibility index (Phi) is 9.11. The summed E-state index contributed by atoms with van der Waals surface area (Å²) in [6.45, 7) is 2.06. The zero-order valence-corrected chi connectivity index (χ0v) is 8.83. The molecular formula is C8H14N6O2. The van der Waals surface area contributed by atoms with Gasteiger partial charge in [-0.05, 0) is 29.5 Å². The van der Waals surface area contributed by atoms with Crippen LogP contribution in [0.2, 0.25) is 0 Å². The molecule has 0 radical (unpaired) electrons. The molecule has 4 N–H and O–H groups in total. The number of nitrogens with two attached hydrogens (primary N) is 1. The molecule has 0 spiro atoms. The highest BCUT2D eigenvalue weighted by Crippen LogP contribution is 1.72. The number of tetrazole rings is 1. The molecule has 0 fully saturated rings. The summed E-state index contributed by atoms with van der Waals surface area (Å²) in [6, 6.07) is 3.89. The Morgan fingerprint density at radius 3 is 2.25 bits per heavy atom. The SMILES string of the molecule is CCOC(N)=O.c1cc[nH]c1.c1nnn[nH]1. The Balaban J connectivity index is 0.000000211. The number of ether oxygens (including phenoxy) is 1. The fraction of sp³-hybridized carbons (Fsp3) is 0.250. The number of aromatic amines is 2. The van der Waals surface area contributed by atoms with Gasteiger partial charge in [0.2, 0.25) is 0 Å². The lowest BCUT2D eigenvalue weighted by Crippen LogP contribution is -2.11. The van der Waals surface area contributed by atoms with Crippen LogP contribution >= 0.6 is 0 Å². The Morgan fingerprint density at radius 2 is 2.12 bits per heavy atom. The van der Waals surface area contributed by atoms with Crippen LogP contribution in [-0.2, 0) is 4.74 Å². The molecule has 0 saturated carbocycles. The summed E-state index contributed by atoms with van der Waals surface area (Å²) in [4.78, 5) is 12.5. The van der Waals surface area contributed by atoms with E-state index in [1.165, 1.54) is 6.33 Å². The molecule has 2 aromatic heterocycles. The average Bonchev–Trinajstić information content (AvgIpc) is 2.98. The lowest BCUT2D eigenvalue weighted by Gasteiger charge is -1.89. The van der Waals surface area contributed by atoms with Gasteiger partial charge in [0.15, 0.2) is 0 Å². The van der Waals surface area contributed by atoms with Crippen LogP contribution in [0.5, 0.6) is 0 Å². The predicted molar refractivity (Wildman–Crippen MR) is 56.2 cm³/mol. The van der Waals surface area contributed by atoms with Gasteiger partial charge in [-0.1, -0.05) is 0 Å². The minimum atomic E-state index is -0.711. The van der Waals surface area contributed by atoms with Gasteiger partial charge in [0, 0.05) is 12.4 Å². The normalized spacial score (nSPS) is 7.81. The number of primary amides is 1. The molecule has 8 nitrogen and oxygen atoms in total. The lowest BCUT2D eigenvalue weighted by molar-refractivity contribution is 0.163. The highest BCUT2D eigenvalue weighted by atomic mass is 16.5. The second kappa shape index (κ2) is 10.7. The third-order valence-corrected chi connectivity index (χ3v) is 1.05. The van der Waals surface area contributed by atoms with Gasteiger partial charge in [-0.2, -0.15) is 0 Å². The monoisotopic (exact) mass is 226 g/mol. The van der Waals surface area contributed by atoms with E-state index in [4.69, 9.17) is 0 Å². The lowest BCUT2D eigenvalue weighted by atomic mass is 10.7. The van der Waals surface area contributed by atoms with Crippen molar-refractivity contribution in [1.82, 2.24) is 25.6 Å². The second-order valence-electron chi connectivity index (χ2n) is 2.20. The van der Waals surface area contributed by atoms with Crippen molar-refractivity contribution in [1.29, 1.82) is 0 Å². The van der Waals surface area contributed by atoms with E-state index in [0.29, 0.717) is 6.61 Å². The summed E-state index contributed by atoms with van der Waals surface area (Å²) in [7, 11) is 0. The third kappa shape index (κ3) is 11.6. The van der Waals surface area contributed by atoms with Gasteiger partial charge < -0.3 is 15.5 Å². The van der Waals surface area contributed by atoms with Crippen LogP contribution in [0.4, 0.5) is 4.79 Å². The van der Waals surface area contributed by atoms with E-state index in [0.717, 1.165) is 0 Å². The summed E-state index contributed by atoms with van der Waals surface area (Å²) >= 11 is 0. The molecule has 16 heavy (non-hydrogen) atoms. The van der Waals surface area contributed by atoms with E-state index in [1.54, 1.807) is 6.92 Å². The van der Waals surface area contributed by atoms with Gasteiger partial charge in [0.1, 0.15) is 6.33 Å². The molecule has 0 bridgehead atoms. The maximum atomic E-state index is 9.60. The van der Waals surface area contributed by atoms with Crippen LogP contribution < -0.4 is 5.73 Å². The first-order chi connectivity index (χ1) is 7.77. The number of aromatic nitrogens is 5. The second-order valence-corrected chi connectivity index (χ2v) is 2.20. The van der Waals surface area contributed by atoms with Crippen molar-refractivity contribution >= 4 is 6.09 Å². The van der Waals surface area contributed by atoms with Crippen LogP contribution in [-0.4, -0.2) is 38.3 Å². The van der Waals surface area contributed by atoms with E-state index in [2.05, 4.69) is 36.1 Å². The van der Waals surface area contributed by atoms with E-state index < -0.39 is 6.09 Å². The van der Waals surface area contributed by atoms with E-state index in [-0.39, 0.29) is 0 Å². The highest BCUT2D eigenvalue weighted by Gasteiger charge is 1.82. The first kappa shape index (κ1) is 13.6. The first-order valence-electron chi connectivity index (χ1n) is 4.44. The quantitative estimate of drug-likeness (QED) is 0.646. The van der Waals surface area contributed by atoms with Crippen molar-refractivity contribution in [2.45, 2.75) is 6.92 Å². The van der Waals surface area contributed by atoms with E-state index in [9.17, 15) is 4.79 Å². The minimum absolute atomic E-state index is 0.356. The average molecular weight is 226 g/mol.